The lowest BCUT2D eigenvalue weighted by Gasteiger charge is -2.28. The molecule has 0 aromatic heterocycles. The first-order valence-corrected chi connectivity index (χ1v) is 24.0. The maximum atomic E-state index is 12.7. The van der Waals surface area contributed by atoms with Gasteiger partial charge in [-0.3, -0.25) is 14.2 Å². The first kappa shape index (κ1) is 54.7. The molecule has 0 heterocycles. The van der Waals surface area contributed by atoms with Gasteiger partial charge in [0.15, 0.2) is 6.10 Å². The fourth-order valence-corrected chi connectivity index (χ4v) is 6.49. The molecule has 9 nitrogen and oxygen atoms in total. The van der Waals surface area contributed by atoms with Gasteiger partial charge in [0.1, 0.15) is 19.8 Å². The number of quaternary nitrogens is 1. The van der Waals surface area contributed by atoms with Crippen LogP contribution in [0.25, 0.3) is 0 Å². The number of phosphoric ester groups is 1. The highest BCUT2D eigenvalue weighted by molar-refractivity contribution is 7.45. The highest BCUT2D eigenvalue weighted by Gasteiger charge is 2.21. The number of unbranched alkanes of at least 4 members (excludes halogenated alkanes) is 16. The molecule has 0 fully saturated rings. The molecule has 0 aliphatic carbocycles. The summed E-state index contributed by atoms with van der Waals surface area (Å²) in [6, 6.07) is 0. The van der Waals surface area contributed by atoms with Crippen LogP contribution in [-0.4, -0.2) is 70.0 Å². The van der Waals surface area contributed by atoms with E-state index in [9.17, 15) is 19.0 Å². The summed E-state index contributed by atoms with van der Waals surface area (Å²) in [5.41, 5.74) is 0. The molecule has 0 N–H and O–H groups in total. The van der Waals surface area contributed by atoms with Crippen molar-refractivity contribution >= 4 is 19.8 Å². The predicted octanol–water partition coefficient (Wildman–Crippen LogP) is 12.2. The number of phosphoric acid groups is 1. The monoisotopic (exact) mass is 822 g/mol. The van der Waals surface area contributed by atoms with E-state index in [4.69, 9.17) is 18.5 Å². The lowest BCUT2D eigenvalue weighted by atomic mass is 10.0. The molecular formula is C47H84NO8P. The number of esters is 2. The van der Waals surface area contributed by atoms with Crippen LogP contribution in [0.15, 0.2) is 60.8 Å². The fourth-order valence-electron chi connectivity index (χ4n) is 5.76. The van der Waals surface area contributed by atoms with Gasteiger partial charge in [-0.05, 0) is 70.6 Å². The molecular weight excluding hydrogens is 737 g/mol. The first-order chi connectivity index (χ1) is 27.5. The van der Waals surface area contributed by atoms with Crippen LogP contribution >= 0.6 is 7.82 Å². The lowest BCUT2D eigenvalue weighted by molar-refractivity contribution is -0.870. The Morgan fingerprint density at radius 1 is 0.561 bits per heavy atom. The van der Waals surface area contributed by atoms with E-state index in [2.05, 4.69) is 74.6 Å². The van der Waals surface area contributed by atoms with Crippen LogP contribution in [0, 0.1) is 0 Å². The Balaban J connectivity index is 4.26. The van der Waals surface area contributed by atoms with Crippen LogP contribution in [0.4, 0.5) is 0 Å². The third-order valence-corrected chi connectivity index (χ3v) is 10.2. The number of nitrogens with zero attached hydrogens (tertiary/aromatic N) is 1. The molecule has 0 aliphatic rings. The van der Waals surface area contributed by atoms with E-state index in [0.29, 0.717) is 23.9 Å². The highest BCUT2D eigenvalue weighted by Crippen LogP contribution is 2.38. The Labute approximate surface area is 349 Å². The van der Waals surface area contributed by atoms with Crippen LogP contribution in [0.1, 0.15) is 174 Å². The predicted molar refractivity (Wildman–Crippen MR) is 236 cm³/mol. The molecule has 0 saturated heterocycles. The smallest absolute Gasteiger partial charge is 0.306 e. The van der Waals surface area contributed by atoms with Crippen LogP contribution in [0.2, 0.25) is 0 Å². The molecule has 0 bridgehead atoms. The Bertz CT molecular complexity index is 1160. The molecule has 0 aliphatic heterocycles. The molecule has 0 rings (SSSR count). The molecule has 0 amide bonds. The lowest BCUT2D eigenvalue weighted by Crippen LogP contribution is -2.37. The SMILES string of the molecule is CC/C=C\C/C=C\C/C=C\C/C=C\CCCCCCCCCCCCC(=O)OC(COC(=O)CCCCCCC/C=C\CCC)COP(=O)([O-])OCC[N+](C)(C)C. The topological polar surface area (TPSA) is 111 Å². The molecule has 2 atom stereocenters. The zero-order valence-corrected chi connectivity index (χ0v) is 37.9. The number of likely N-dealkylation sites (N-methyl/N-ethyl adjacent to an activating group) is 1. The normalized spacial score (nSPS) is 14.1. The van der Waals surface area contributed by atoms with E-state index in [1.54, 1.807) is 0 Å². The largest absolute Gasteiger partial charge is 0.756 e. The van der Waals surface area contributed by atoms with Gasteiger partial charge in [-0.25, -0.2) is 0 Å². The van der Waals surface area contributed by atoms with Gasteiger partial charge in [-0.15, -0.1) is 0 Å². The van der Waals surface area contributed by atoms with Crippen molar-refractivity contribution in [1.82, 2.24) is 0 Å². The average molecular weight is 822 g/mol. The van der Waals surface area contributed by atoms with Crippen LogP contribution in [-0.2, 0) is 32.7 Å². The van der Waals surface area contributed by atoms with E-state index in [-0.39, 0.29) is 26.1 Å². The molecule has 0 aromatic carbocycles. The number of carbonyl (C=O) groups is 2. The number of rotatable bonds is 40. The van der Waals surface area contributed by atoms with Gasteiger partial charge in [-0.2, -0.15) is 0 Å². The van der Waals surface area contributed by atoms with Gasteiger partial charge in [0.2, 0.25) is 0 Å². The molecule has 0 radical (unpaired) electrons. The number of ether oxygens (including phenoxy) is 2. The molecule has 0 aromatic rings. The van der Waals surface area contributed by atoms with Gasteiger partial charge in [-0.1, -0.05) is 152 Å². The second kappa shape index (κ2) is 39.2. The number of hydrogen-bond acceptors (Lipinski definition) is 8. The Morgan fingerprint density at radius 3 is 1.51 bits per heavy atom. The van der Waals surface area contributed by atoms with Gasteiger partial charge in [0.25, 0.3) is 7.82 Å². The van der Waals surface area contributed by atoms with Crippen molar-refractivity contribution in [1.29, 1.82) is 0 Å². The van der Waals surface area contributed by atoms with Crippen molar-refractivity contribution in [2.45, 2.75) is 180 Å². The Hall–Kier alpha value is -2.29. The van der Waals surface area contributed by atoms with E-state index in [0.717, 1.165) is 89.9 Å². The summed E-state index contributed by atoms with van der Waals surface area (Å²) in [6.45, 7) is 4.02. The summed E-state index contributed by atoms with van der Waals surface area (Å²) in [6.07, 6.45) is 46.8. The zero-order valence-electron chi connectivity index (χ0n) is 37.0. The highest BCUT2D eigenvalue weighted by atomic mass is 31.2. The molecule has 0 saturated carbocycles. The van der Waals surface area contributed by atoms with Crippen molar-refractivity contribution in [3.05, 3.63) is 60.8 Å². The van der Waals surface area contributed by atoms with Crippen molar-refractivity contribution in [2.24, 2.45) is 0 Å². The maximum absolute atomic E-state index is 12.7. The van der Waals surface area contributed by atoms with Gasteiger partial charge in [0, 0.05) is 12.8 Å². The minimum Gasteiger partial charge on any atom is -0.756 e. The zero-order chi connectivity index (χ0) is 42.1. The number of allylic oxidation sites excluding steroid dienone is 10. The molecule has 57 heavy (non-hydrogen) atoms. The maximum Gasteiger partial charge on any atom is 0.306 e. The van der Waals surface area contributed by atoms with Crippen molar-refractivity contribution in [3.8, 4) is 0 Å². The second-order valence-electron chi connectivity index (χ2n) is 16.0. The van der Waals surface area contributed by atoms with Crippen molar-refractivity contribution < 1.29 is 42.1 Å². The second-order valence-corrected chi connectivity index (χ2v) is 17.4. The summed E-state index contributed by atoms with van der Waals surface area (Å²) >= 11 is 0. The van der Waals surface area contributed by atoms with Crippen molar-refractivity contribution in [3.63, 3.8) is 0 Å². The number of carbonyl (C=O) groups excluding carboxylic acids is 2. The molecule has 2 unspecified atom stereocenters. The minimum atomic E-state index is -4.63. The van der Waals surface area contributed by atoms with E-state index in [1.807, 2.05) is 21.1 Å². The summed E-state index contributed by atoms with van der Waals surface area (Å²) in [5, 5.41) is 0. The Kier molecular flexibility index (Phi) is 37.6. The molecule has 10 heteroatoms. The van der Waals surface area contributed by atoms with Gasteiger partial charge < -0.3 is 27.9 Å². The van der Waals surface area contributed by atoms with Gasteiger partial charge >= 0.3 is 11.9 Å². The van der Waals surface area contributed by atoms with E-state index < -0.39 is 32.5 Å². The van der Waals surface area contributed by atoms with Crippen LogP contribution in [0.3, 0.4) is 0 Å². The minimum absolute atomic E-state index is 0.0352. The number of hydrogen-bond donors (Lipinski definition) is 0. The Morgan fingerprint density at radius 2 is 1.00 bits per heavy atom. The van der Waals surface area contributed by atoms with Crippen LogP contribution in [0.5, 0.6) is 0 Å². The first-order valence-electron chi connectivity index (χ1n) is 22.5. The standard InChI is InChI=1S/C47H84NO8P/c1-6-8-10-12-14-16-18-19-20-21-22-23-24-25-26-27-28-29-30-32-34-36-38-40-47(50)56-45(44-55-57(51,52)54-42-41-48(3,4)5)43-53-46(49)39-37-35-33-31-17-15-13-11-9-7-2/h8,10-11,13-14,16,19-20,22-23,45H,6-7,9,12,15,17-18,21,24-44H2,1-5H3/b10-8-,13-11-,16-14-,20-19-,23-22-. The quantitative estimate of drug-likeness (QED) is 0.0197. The van der Waals surface area contributed by atoms with Crippen molar-refractivity contribution in [2.75, 3.05) is 47.5 Å². The van der Waals surface area contributed by atoms with E-state index in [1.165, 1.54) is 44.9 Å². The van der Waals surface area contributed by atoms with Crippen LogP contribution < -0.4 is 4.89 Å². The summed E-state index contributed by atoms with van der Waals surface area (Å²) in [4.78, 5) is 37.5. The summed E-state index contributed by atoms with van der Waals surface area (Å²) < 4.78 is 33.8. The fraction of sp³-hybridized carbons (Fsp3) is 0.745. The third-order valence-electron chi connectivity index (χ3n) is 9.25. The molecule has 330 valence electrons. The summed E-state index contributed by atoms with van der Waals surface area (Å²) in [5.74, 6) is -0.856. The molecule has 0 spiro atoms. The summed E-state index contributed by atoms with van der Waals surface area (Å²) in [7, 11) is 1.15. The van der Waals surface area contributed by atoms with E-state index >= 15 is 0 Å². The van der Waals surface area contributed by atoms with Gasteiger partial charge in [0.05, 0.1) is 27.7 Å². The average Bonchev–Trinajstić information content (AvgIpc) is 3.16. The third kappa shape index (κ3) is 43.1.